The minimum Gasteiger partial charge on any atom is -0.493 e. The SMILES string of the molecule is CCCOc1cc(C)nc2c(OCC)cc(C(=O)OCC)cc12. The standard InChI is InChI=1S/C18H23NO4/c1-5-8-23-15-9-12(4)19-17-14(15)10-13(18(20)22-7-3)11-16(17)21-6-2/h9-11H,5-8H2,1-4H3. The molecule has 1 heterocycles. The molecule has 0 fully saturated rings. The fourth-order valence-corrected chi connectivity index (χ4v) is 2.32. The first-order valence-corrected chi connectivity index (χ1v) is 7.98. The first-order valence-electron chi connectivity index (χ1n) is 7.98. The molecule has 0 atom stereocenters. The van der Waals surface area contributed by atoms with Crippen LogP contribution in [0.4, 0.5) is 0 Å². The minimum absolute atomic E-state index is 0.326. The Balaban J connectivity index is 2.64. The van der Waals surface area contributed by atoms with E-state index in [1.807, 2.05) is 26.8 Å². The van der Waals surface area contributed by atoms with Crippen molar-refractivity contribution in [1.29, 1.82) is 0 Å². The van der Waals surface area contributed by atoms with Crippen LogP contribution < -0.4 is 9.47 Å². The summed E-state index contributed by atoms with van der Waals surface area (Å²) >= 11 is 0. The number of carbonyl (C=O) groups is 1. The summed E-state index contributed by atoms with van der Waals surface area (Å²) in [4.78, 5) is 16.7. The maximum Gasteiger partial charge on any atom is 0.338 e. The number of ether oxygens (including phenoxy) is 3. The summed E-state index contributed by atoms with van der Waals surface area (Å²) in [6, 6.07) is 5.32. The zero-order valence-corrected chi connectivity index (χ0v) is 14.1. The molecule has 0 bridgehead atoms. The van der Waals surface area contributed by atoms with Crippen LogP contribution in [0, 0.1) is 6.92 Å². The predicted molar refractivity (Wildman–Crippen MR) is 89.4 cm³/mol. The van der Waals surface area contributed by atoms with Crippen molar-refractivity contribution in [1.82, 2.24) is 4.98 Å². The monoisotopic (exact) mass is 317 g/mol. The van der Waals surface area contributed by atoms with Crippen LogP contribution in [0.1, 0.15) is 43.2 Å². The van der Waals surface area contributed by atoms with E-state index in [2.05, 4.69) is 4.98 Å². The number of benzene rings is 1. The van der Waals surface area contributed by atoms with Crippen molar-refractivity contribution in [3.63, 3.8) is 0 Å². The fourth-order valence-electron chi connectivity index (χ4n) is 2.32. The van der Waals surface area contributed by atoms with Crippen molar-refractivity contribution in [3.8, 4) is 11.5 Å². The van der Waals surface area contributed by atoms with Gasteiger partial charge < -0.3 is 14.2 Å². The molecule has 2 aromatic rings. The summed E-state index contributed by atoms with van der Waals surface area (Å²) in [5, 5.41) is 0.762. The highest BCUT2D eigenvalue weighted by Gasteiger charge is 2.16. The molecule has 23 heavy (non-hydrogen) atoms. The lowest BCUT2D eigenvalue weighted by atomic mass is 10.1. The van der Waals surface area contributed by atoms with Crippen LogP contribution >= 0.6 is 0 Å². The van der Waals surface area contributed by atoms with Crippen molar-refractivity contribution in [3.05, 3.63) is 29.5 Å². The molecule has 124 valence electrons. The van der Waals surface area contributed by atoms with Gasteiger partial charge in [-0.2, -0.15) is 0 Å². The first-order chi connectivity index (χ1) is 11.1. The number of hydrogen-bond acceptors (Lipinski definition) is 5. The number of aryl methyl sites for hydroxylation is 1. The highest BCUT2D eigenvalue weighted by molar-refractivity contribution is 5.99. The third kappa shape index (κ3) is 3.92. The van der Waals surface area contributed by atoms with E-state index in [-0.39, 0.29) is 5.97 Å². The Morgan fingerprint density at radius 2 is 1.83 bits per heavy atom. The lowest BCUT2D eigenvalue weighted by Crippen LogP contribution is -2.07. The number of nitrogens with zero attached hydrogens (tertiary/aromatic N) is 1. The van der Waals surface area contributed by atoms with E-state index in [1.165, 1.54) is 0 Å². The molecule has 1 aromatic heterocycles. The van der Waals surface area contributed by atoms with Gasteiger partial charge in [0.2, 0.25) is 0 Å². The normalized spacial score (nSPS) is 10.6. The molecule has 2 rings (SSSR count). The number of rotatable bonds is 7. The summed E-state index contributed by atoms with van der Waals surface area (Å²) in [7, 11) is 0. The maximum atomic E-state index is 12.1. The Bertz CT molecular complexity index is 697. The van der Waals surface area contributed by atoms with E-state index in [0.717, 1.165) is 17.5 Å². The van der Waals surface area contributed by atoms with Gasteiger partial charge in [-0.15, -0.1) is 0 Å². The third-order valence-electron chi connectivity index (χ3n) is 3.24. The molecule has 0 saturated heterocycles. The topological polar surface area (TPSA) is 57.7 Å². The van der Waals surface area contributed by atoms with Gasteiger partial charge in [-0.25, -0.2) is 9.78 Å². The Morgan fingerprint density at radius 1 is 1.04 bits per heavy atom. The Kier molecular flexibility index (Phi) is 5.79. The molecule has 0 N–H and O–H groups in total. The minimum atomic E-state index is -0.377. The van der Waals surface area contributed by atoms with E-state index >= 15 is 0 Å². The molecule has 0 aliphatic rings. The van der Waals surface area contributed by atoms with E-state index in [1.54, 1.807) is 19.1 Å². The van der Waals surface area contributed by atoms with Gasteiger partial charge in [-0.05, 0) is 39.3 Å². The van der Waals surface area contributed by atoms with E-state index in [0.29, 0.717) is 42.4 Å². The van der Waals surface area contributed by atoms with Crippen molar-refractivity contribution >= 4 is 16.9 Å². The van der Waals surface area contributed by atoms with Gasteiger partial charge in [0.1, 0.15) is 17.0 Å². The molecule has 5 nitrogen and oxygen atoms in total. The van der Waals surface area contributed by atoms with Crippen LogP contribution in [0.15, 0.2) is 18.2 Å². The van der Waals surface area contributed by atoms with Crippen LogP contribution in [0.5, 0.6) is 11.5 Å². The lowest BCUT2D eigenvalue weighted by molar-refractivity contribution is 0.0526. The van der Waals surface area contributed by atoms with Gasteiger partial charge in [0.15, 0.2) is 0 Å². The molecule has 0 radical (unpaired) electrons. The van der Waals surface area contributed by atoms with E-state index < -0.39 is 0 Å². The van der Waals surface area contributed by atoms with Gasteiger partial charge in [0.25, 0.3) is 0 Å². The van der Waals surface area contributed by atoms with Gasteiger partial charge in [0.05, 0.1) is 25.4 Å². The van der Waals surface area contributed by atoms with Crippen molar-refractivity contribution in [2.75, 3.05) is 19.8 Å². The van der Waals surface area contributed by atoms with Gasteiger partial charge in [0, 0.05) is 17.1 Å². The fraction of sp³-hybridized carbons (Fsp3) is 0.444. The molecule has 0 aliphatic heterocycles. The van der Waals surface area contributed by atoms with Gasteiger partial charge in [-0.3, -0.25) is 0 Å². The number of carbonyl (C=O) groups excluding carboxylic acids is 1. The molecular formula is C18H23NO4. The number of fused-ring (bicyclic) bond motifs is 1. The van der Waals surface area contributed by atoms with Gasteiger partial charge >= 0.3 is 5.97 Å². The van der Waals surface area contributed by atoms with E-state index in [9.17, 15) is 4.79 Å². The Hall–Kier alpha value is -2.30. The second-order valence-corrected chi connectivity index (χ2v) is 5.13. The van der Waals surface area contributed by atoms with Gasteiger partial charge in [-0.1, -0.05) is 6.92 Å². The van der Waals surface area contributed by atoms with Crippen LogP contribution in [0.2, 0.25) is 0 Å². The first kappa shape index (κ1) is 17.1. The molecular weight excluding hydrogens is 294 g/mol. The number of esters is 1. The zero-order valence-electron chi connectivity index (χ0n) is 14.1. The molecule has 0 aliphatic carbocycles. The Labute approximate surface area is 136 Å². The Morgan fingerprint density at radius 3 is 2.48 bits per heavy atom. The van der Waals surface area contributed by atoms with Crippen LogP contribution in [0.3, 0.4) is 0 Å². The van der Waals surface area contributed by atoms with Crippen molar-refractivity contribution < 1.29 is 19.0 Å². The number of hydrogen-bond donors (Lipinski definition) is 0. The van der Waals surface area contributed by atoms with Crippen LogP contribution in [0.25, 0.3) is 10.9 Å². The van der Waals surface area contributed by atoms with E-state index in [4.69, 9.17) is 14.2 Å². The molecule has 0 amide bonds. The zero-order chi connectivity index (χ0) is 16.8. The highest BCUT2D eigenvalue weighted by atomic mass is 16.5. The third-order valence-corrected chi connectivity index (χ3v) is 3.24. The summed E-state index contributed by atoms with van der Waals surface area (Å²) in [6.07, 6.45) is 0.902. The second-order valence-electron chi connectivity index (χ2n) is 5.13. The predicted octanol–water partition coefficient (Wildman–Crippen LogP) is 3.91. The van der Waals surface area contributed by atoms with Crippen molar-refractivity contribution in [2.24, 2.45) is 0 Å². The number of pyridine rings is 1. The second kappa shape index (κ2) is 7.81. The molecule has 5 heteroatoms. The smallest absolute Gasteiger partial charge is 0.338 e. The van der Waals surface area contributed by atoms with Crippen LogP contribution in [-0.2, 0) is 4.74 Å². The molecule has 0 unspecified atom stereocenters. The molecule has 0 saturated carbocycles. The van der Waals surface area contributed by atoms with Crippen LogP contribution in [-0.4, -0.2) is 30.8 Å². The largest absolute Gasteiger partial charge is 0.493 e. The average Bonchev–Trinajstić information content (AvgIpc) is 2.53. The summed E-state index contributed by atoms with van der Waals surface area (Å²) < 4.78 is 16.6. The molecule has 1 aromatic carbocycles. The lowest BCUT2D eigenvalue weighted by Gasteiger charge is -2.14. The maximum absolute atomic E-state index is 12.1. The number of aromatic nitrogens is 1. The summed E-state index contributed by atoms with van der Waals surface area (Å²) in [5.74, 6) is 0.900. The highest BCUT2D eigenvalue weighted by Crippen LogP contribution is 2.33. The quantitative estimate of drug-likeness (QED) is 0.725. The summed E-state index contributed by atoms with van der Waals surface area (Å²) in [5.41, 5.74) is 1.98. The van der Waals surface area contributed by atoms with Crippen molar-refractivity contribution in [2.45, 2.75) is 34.1 Å². The summed E-state index contributed by atoms with van der Waals surface area (Å²) in [6.45, 7) is 9.05. The molecule has 0 spiro atoms. The average molecular weight is 317 g/mol.